The molecule has 1 atom stereocenters. The van der Waals surface area contributed by atoms with Crippen molar-refractivity contribution < 1.29 is 18.0 Å². The maximum atomic E-state index is 14.0. The third-order valence-electron chi connectivity index (χ3n) is 5.04. The predicted octanol–water partition coefficient (Wildman–Crippen LogP) is 2.47. The second kappa shape index (κ2) is 7.61. The summed E-state index contributed by atoms with van der Waals surface area (Å²) in [6.07, 6.45) is 2.90. The third kappa shape index (κ3) is 3.82. The number of hydrazone groups is 1. The number of piperazine rings is 1. The molecular weight excluding hydrogens is 387 g/mol. The Kier molecular flexibility index (Phi) is 4.99. The van der Waals surface area contributed by atoms with E-state index >= 15 is 0 Å². The highest BCUT2D eigenvalue weighted by Crippen LogP contribution is 2.30. The molecule has 4 rings (SSSR count). The van der Waals surface area contributed by atoms with Crippen molar-refractivity contribution in [2.24, 2.45) is 5.10 Å². The Balaban J connectivity index is 1.45. The van der Waals surface area contributed by atoms with Gasteiger partial charge in [-0.1, -0.05) is 0 Å². The Morgan fingerprint density at radius 2 is 1.72 bits per heavy atom. The molecule has 2 aliphatic rings. The minimum atomic E-state index is -0.715. The van der Waals surface area contributed by atoms with Crippen molar-refractivity contribution in [1.82, 2.24) is 14.9 Å². The summed E-state index contributed by atoms with van der Waals surface area (Å²) >= 11 is 0. The highest BCUT2D eigenvalue weighted by molar-refractivity contribution is 5.78. The molecule has 0 saturated carbocycles. The zero-order chi connectivity index (χ0) is 20.5. The van der Waals surface area contributed by atoms with E-state index in [1.807, 2.05) is 0 Å². The highest BCUT2D eigenvalue weighted by Gasteiger charge is 2.33. The fourth-order valence-electron chi connectivity index (χ4n) is 3.61. The van der Waals surface area contributed by atoms with Crippen LogP contribution in [-0.2, 0) is 0 Å². The van der Waals surface area contributed by atoms with Crippen LogP contribution < -0.4 is 10.5 Å². The normalized spacial score (nSPS) is 19.1. The summed E-state index contributed by atoms with van der Waals surface area (Å²) in [5, 5.41) is 5.30. The Morgan fingerprint density at radius 3 is 2.41 bits per heavy atom. The van der Waals surface area contributed by atoms with Crippen molar-refractivity contribution in [3.8, 4) is 0 Å². The number of nitrogens with one attached hydrogen (secondary N) is 1. The number of rotatable bonds is 2. The lowest BCUT2D eigenvalue weighted by Crippen LogP contribution is -2.52. The number of H-pyrrole nitrogens is 1. The van der Waals surface area contributed by atoms with Crippen LogP contribution in [0.1, 0.15) is 18.0 Å². The Labute approximate surface area is 164 Å². The molecule has 2 amide bonds. The Hall–Kier alpha value is -3.30. The molecule has 0 radical (unpaired) electrons. The first-order valence-electron chi connectivity index (χ1n) is 9.12. The van der Waals surface area contributed by atoms with Gasteiger partial charge >= 0.3 is 6.03 Å². The van der Waals surface area contributed by atoms with Gasteiger partial charge in [-0.3, -0.25) is 4.79 Å². The van der Waals surface area contributed by atoms with Gasteiger partial charge in [-0.15, -0.1) is 0 Å². The molecule has 0 aliphatic carbocycles. The van der Waals surface area contributed by atoms with E-state index in [-0.39, 0.29) is 11.7 Å². The molecule has 1 N–H and O–H groups in total. The summed E-state index contributed by atoms with van der Waals surface area (Å²) in [4.78, 5) is 29.9. The standard InChI is InChI=1S/C19H18F3N5O2/c20-13-7-12(8-14(21)9-13)16-1-2-24-27(16)19(29)26-5-3-25(4-6-26)17-10-18(28)23-11-15(17)22/h2,7-11,16H,1,3-6H2,(H,23,28)/t16-/m0/s1. The molecule has 2 aliphatic heterocycles. The van der Waals surface area contributed by atoms with E-state index in [1.54, 1.807) is 9.80 Å². The van der Waals surface area contributed by atoms with Gasteiger partial charge in [0.2, 0.25) is 5.56 Å². The fraction of sp³-hybridized carbons (Fsp3) is 0.316. The Bertz CT molecular complexity index is 997. The molecular formula is C19H18F3N5O2. The lowest BCUT2D eigenvalue weighted by atomic mass is 10.0. The molecule has 2 aromatic rings. The van der Waals surface area contributed by atoms with Crippen molar-refractivity contribution in [1.29, 1.82) is 0 Å². The predicted molar refractivity (Wildman–Crippen MR) is 100 cm³/mol. The minimum absolute atomic E-state index is 0.188. The van der Waals surface area contributed by atoms with Crippen LogP contribution in [0.25, 0.3) is 0 Å². The van der Waals surface area contributed by atoms with Gasteiger partial charge in [0.05, 0.1) is 11.7 Å². The topological polar surface area (TPSA) is 72.0 Å². The number of hydrogen-bond acceptors (Lipinski definition) is 4. The lowest BCUT2D eigenvalue weighted by Gasteiger charge is -2.38. The second-order valence-electron chi connectivity index (χ2n) is 6.88. The van der Waals surface area contributed by atoms with Gasteiger partial charge in [0.1, 0.15) is 11.6 Å². The van der Waals surface area contributed by atoms with Crippen LogP contribution in [-0.4, -0.2) is 53.3 Å². The van der Waals surface area contributed by atoms with E-state index in [4.69, 9.17) is 0 Å². The molecule has 0 spiro atoms. The summed E-state index contributed by atoms with van der Waals surface area (Å²) in [5.41, 5.74) is 0.113. The van der Waals surface area contributed by atoms with Gasteiger partial charge in [-0.25, -0.2) is 23.0 Å². The van der Waals surface area contributed by atoms with Crippen molar-refractivity contribution in [2.75, 3.05) is 31.1 Å². The summed E-state index contributed by atoms with van der Waals surface area (Å²) in [6.45, 7) is 1.26. The summed E-state index contributed by atoms with van der Waals surface area (Å²) in [5.74, 6) is -1.97. The van der Waals surface area contributed by atoms with Crippen LogP contribution in [0.5, 0.6) is 0 Å². The third-order valence-corrected chi connectivity index (χ3v) is 5.04. The van der Waals surface area contributed by atoms with E-state index in [0.29, 0.717) is 38.2 Å². The first kappa shape index (κ1) is 19.0. The molecule has 29 heavy (non-hydrogen) atoms. The fourth-order valence-corrected chi connectivity index (χ4v) is 3.61. The molecule has 0 unspecified atom stereocenters. The van der Waals surface area contributed by atoms with Crippen LogP contribution in [0, 0.1) is 17.5 Å². The maximum absolute atomic E-state index is 14.0. The minimum Gasteiger partial charge on any atom is -0.365 e. The number of benzene rings is 1. The number of amides is 2. The van der Waals surface area contributed by atoms with Crippen molar-refractivity contribution >= 4 is 17.9 Å². The first-order chi connectivity index (χ1) is 13.9. The average Bonchev–Trinajstić information content (AvgIpc) is 3.19. The van der Waals surface area contributed by atoms with Crippen LogP contribution in [0.15, 0.2) is 40.4 Å². The number of carbonyl (C=O) groups is 1. The van der Waals surface area contributed by atoms with Crippen molar-refractivity contribution in [3.63, 3.8) is 0 Å². The molecule has 3 heterocycles. The zero-order valence-electron chi connectivity index (χ0n) is 15.3. The SMILES string of the molecule is O=C(N1CCN(c2cc(=O)[nH]cc2F)CC1)N1N=CC[C@H]1c1cc(F)cc(F)c1. The number of aromatic nitrogens is 1. The van der Waals surface area contributed by atoms with Gasteiger partial charge in [0, 0.05) is 57.1 Å². The van der Waals surface area contributed by atoms with Crippen molar-refractivity contribution in [2.45, 2.75) is 12.5 Å². The molecule has 1 fully saturated rings. The molecule has 7 nitrogen and oxygen atoms in total. The average molecular weight is 405 g/mol. The summed E-state index contributed by atoms with van der Waals surface area (Å²) in [6, 6.07) is 3.37. The van der Waals surface area contributed by atoms with E-state index in [1.165, 1.54) is 29.4 Å². The number of urea groups is 1. The van der Waals surface area contributed by atoms with E-state index in [0.717, 1.165) is 12.3 Å². The number of nitrogens with zero attached hydrogens (tertiary/aromatic N) is 4. The van der Waals surface area contributed by atoms with E-state index < -0.39 is 29.1 Å². The number of carbonyl (C=O) groups excluding carboxylic acids is 1. The number of anilines is 1. The number of pyridine rings is 1. The van der Waals surface area contributed by atoms with Crippen LogP contribution in [0.2, 0.25) is 0 Å². The zero-order valence-corrected chi connectivity index (χ0v) is 15.3. The maximum Gasteiger partial charge on any atom is 0.341 e. The molecule has 1 aromatic heterocycles. The summed E-state index contributed by atoms with van der Waals surface area (Å²) in [7, 11) is 0. The first-order valence-corrected chi connectivity index (χ1v) is 9.12. The highest BCUT2D eigenvalue weighted by atomic mass is 19.1. The molecule has 152 valence electrons. The van der Waals surface area contributed by atoms with Gasteiger partial charge in [0.15, 0.2) is 5.82 Å². The summed E-state index contributed by atoms with van der Waals surface area (Å²) < 4.78 is 41.1. The second-order valence-corrected chi connectivity index (χ2v) is 6.88. The Morgan fingerprint density at radius 1 is 1.03 bits per heavy atom. The number of halogens is 3. The van der Waals surface area contributed by atoms with E-state index in [9.17, 15) is 22.8 Å². The van der Waals surface area contributed by atoms with Gasteiger partial charge in [-0.05, 0) is 17.7 Å². The largest absolute Gasteiger partial charge is 0.365 e. The monoisotopic (exact) mass is 405 g/mol. The van der Waals surface area contributed by atoms with E-state index in [2.05, 4.69) is 10.1 Å². The molecule has 1 saturated heterocycles. The smallest absolute Gasteiger partial charge is 0.341 e. The number of aromatic amines is 1. The van der Waals surface area contributed by atoms with Crippen LogP contribution >= 0.6 is 0 Å². The van der Waals surface area contributed by atoms with Gasteiger partial charge < -0.3 is 14.8 Å². The van der Waals surface area contributed by atoms with Crippen LogP contribution in [0.4, 0.5) is 23.7 Å². The quantitative estimate of drug-likeness (QED) is 0.835. The number of hydrogen-bond donors (Lipinski definition) is 1. The lowest BCUT2D eigenvalue weighted by molar-refractivity contribution is 0.139. The van der Waals surface area contributed by atoms with Crippen molar-refractivity contribution in [3.05, 3.63) is 63.8 Å². The molecule has 0 bridgehead atoms. The molecule has 1 aromatic carbocycles. The van der Waals surface area contributed by atoms with Crippen LogP contribution in [0.3, 0.4) is 0 Å². The van der Waals surface area contributed by atoms with Gasteiger partial charge in [-0.2, -0.15) is 5.10 Å². The molecule has 10 heteroatoms. The van der Waals surface area contributed by atoms with Gasteiger partial charge in [0.25, 0.3) is 0 Å².